The van der Waals surface area contributed by atoms with Gasteiger partial charge in [0.25, 0.3) is 0 Å². The zero-order chi connectivity index (χ0) is 13.7. The highest BCUT2D eigenvalue weighted by Gasteiger charge is 2.24. The third-order valence-electron chi connectivity index (χ3n) is 3.75. The van der Waals surface area contributed by atoms with Crippen LogP contribution in [0.3, 0.4) is 0 Å². The van der Waals surface area contributed by atoms with Crippen LogP contribution < -0.4 is 10.6 Å². The molecule has 0 bridgehead atoms. The molecule has 1 aliphatic rings. The van der Waals surface area contributed by atoms with E-state index in [-0.39, 0.29) is 24.2 Å². The molecule has 0 spiro atoms. The first-order valence-corrected chi connectivity index (χ1v) is 8.06. The molecule has 2 heterocycles. The van der Waals surface area contributed by atoms with E-state index in [1.165, 1.54) is 4.88 Å². The molecular weight excluding hydrogens is 292 g/mol. The third-order valence-corrected chi connectivity index (χ3v) is 4.65. The molecule has 1 fully saturated rings. The van der Waals surface area contributed by atoms with Crippen LogP contribution in [0.5, 0.6) is 0 Å². The second-order valence-corrected chi connectivity index (χ2v) is 6.74. The van der Waals surface area contributed by atoms with Crippen molar-refractivity contribution in [3.63, 3.8) is 0 Å². The van der Waals surface area contributed by atoms with Crippen LogP contribution in [-0.2, 0) is 11.2 Å². The summed E-state index contributed by atoms with van der Waals surface area (Å²) in [6, 6.07) is 4.71. The molecule has 5 heteroatoms. The number of amides is 1. The molecule has 1 aromatic rings. The van der Waals surface area contributed by atoms with E-state index in [2.05, 4.69) is 42.0 Å². The molecule has 0 radical (unpaired) electrons. The summed E-state index contributed by atoms with van der Waals surface area (Å²) in [6.45, 7) is 6.10. The van der Waals surface area contributed by atoms with E-state index in [9.17, 15) is 4.79 Å². The maximum Gasteiger partial charge on any atom is 0.223 e. The first-order valence-electron chi connectivity index (χ1n) is 7.18. The molecule has 2 N–H and O–H groups in total. The van der Waals surface area contributed by atoms with E-state index in [1.54, 1.807) is 11.3 Å². The molecule has 20 heavy (non-hydrogen) atoms. The van der Waals surface area contributed by atoms with Gasteiger partial charge in [0.05, 0.1) is 0 Å². The Kier molecular flexibility index (Phi) is 7.56. The van der Waals surface area contributed by atoms with Crippen molar-refractivity contribution >= 4 is 29.7 Å². The standard InChI is InChI=1S/C15H24N2OS.ClH/c1-11(8-14-4-3-7-19-14)10-17-15(18)13-5-6-16-12(2)9-13;/h3-4,7,11-13,16H,5-6,8-10H2,1-2H3,(H,17,18);1H/t11?,12-,13-;/m0./s1. The molecule has 1 aromatic heterocycles. The number of halogens is 1. The molecule has 1 amide bonds. The predicted octanol–water partition coefficient (Wildman–Crippen LogP) is 2.85. The fraction of sp³-hybridized carbons (Fsp3) is 0.667. The van der Waals surface area contributed by atoms with Crippen molar-refractivity contribution in [3.8, 4) is 0 Å². The van der Waals surface area contributed by atoms with Gasteiger partial charge in [-0.2, -0.15) is 0 Å². The van der Waals surface area contributed by atoms with E-state index < -0.39 is 0 Å². The Morgan fingerprint density at radius 2 is 2.40 bits per heavy atom. The molecule has 1 saturated heterocycles. The number of nitrogens with one attached hydrogen (secondary N) is 2. The molecular formula is C15H25ClN2OS. The first kappa shape index (κ1) is 17.5. The number of piperidine rings is 1. The highest BCUT2D eigenvalue weighted by atomic mass is 35.5. The lowest BCUT2D eigenvalue weighted by atomic mass is 9.92. The number of hydrogen-bond donors (Lipinski definition) is 2. The van der Waals surface area contributed by atoms with Crippen molar-refractivity contribution in [2.24, 2.45) is 11.8 Å². The summed E-state index contributed by atoms with van der Waals surface area (Å²) < 4.78 is 0. The van der Waals surface area contributed by atoms with Crippen LogP contribution in [-0.4, -0.2) is 25.0 Å². The number of thiophene rings is 1. The van der Waals surface area contributed by atoms with E-state index in [0.717, 1.165) is 32.4 Å². The number of rotatable bonds is 5. The molecule has 114 valence electrons. The molecule has 3 atom stereocenters. The van der Waals surface area contributed by atoms with E-state index in [0.29, 0.717) is 12.0 Å². The van der Waals surface area contributed by atoms with Crippen molar-refractivity contribution in [2.45, 2.75) is 39.2 Å². The van der Waals surface area contributed by atoms with Gasteiger partial charge in [0.1, 0.15) is 0 Å². The van der Waals surface area contributed by atoms with Crippen molar-refractivity contribution in [1.29, 1.82) is 0 Å². The van der Waals surface area contributed by atoms with E-state index in [4.69, 9.17) is 0 Å². The van der Waals surface area contributed by atoms with E-state index in [1.807, 2.05) is 0 Å². The van der Waals surface area contributed by atoms with Crippen LogP contribution in [0.25, 0.3) is 0 Å². The van der Waals surface area contributed by atoms with Crippen molar-refractivity contribution in [1.82, 2.24) is 10.6 Å². The zero-order valence-electron chi connectivity index (χ0n) is 12.2. The second-order valence-electron chi connectivity index (χ2n) is 5.71. The van der Waals surface area contributed by atoms with Gasteiger partial charge < -0.3 is 10.6 Å². The van der Waals surface area contributed by atoms with Crippen LogP contribution >= 0.6 is 23.7 Å². The van der Waals surface area contributed by atoms with Crippen LogP contribution in [0, 0.1) is 11.8 Å². The second kappa shape index (κ2) is 8.65. The topological polar surface area (TPSA) is 41.1 Å². The summed E-state index contributed by atoms with van der Waals surface area (Å²) in [5.74, 6) is 0.943. The lowest BCUT2D eigenvalue weighted by Crippen LogP contribution is -2.43. The minimum atomic E-state index is 0. The minimum absolute atomic E-state index is 0. The Hall–Kier alpha value is -0.580. The Balaban J connectivity index is 0.00000200. The molecule has 3 nitrogen and oxygen atoms in total. The van der Waals surface area contributed by atoms with Gasteiger partial charge in [-0.3, -0.25) is 4.79 Å². The Morgan fingerprint density at radius 3 is 3.05 bits per heavy atom. The fourth-order valence-electron chi connectivity index (χ4n) is 2.63. The Bertz CT molecular complexity index is 397. The maximum atomic E-state index is 12.1. The summed E-state index contributed by atoms with van der Waals surface area (Å²) in [4.78, 5) is 13.5. The third kappa shape index (κ3) is 5.43. The van der Waals surface area contributed by atoms with Gasteiger partial charge in [-0.25, -0.2) is 0 Å². The van der Waals surface area contributed by atoms with E-state index >= 15 is 0 Å². The lowest BCUT2D eigenvalue weighted by molar-refractivity contribution is -0.126. The summed E-state index contributed by atoms with van der Waals surface area (Å²) in [7, 11) is 0. The maximum absolute atomic E-state index is 12.1. The highest BCUT2D eigenvalue weighted by Crippen LogP contribution is 2.17. The van der Waals surface area contributed by atoms with Gasteiger partial charge >= 0.3 is 0 Å². The van der Waals surface area contributed by atoms with Crippen LogP contribution in [0.15, 0.2) is 17.5 Å². The smallest absolute Gasteiger partial charge is 0.223 e. The largest absolute Gasteiger partial charge is 0.356 e. The van der Waals surface area contributed by atoms with Crippen LogP contribution in [0.1, 0.15) is 31.6 Å². The van der Waals surface area contributed by atoms with Gasteiger partial charge in [0, 0.05) is 23.4 Å². The SMILES string of the molecule is CC(CNC(=O)[C@H]1CCN[C@@H](C)C1)Cc1cccs1.Cl. The Morgan fingerprint density at radius 1 is 1.60 bits per heavy atom. The van der Waals surface area contributed by atoms with Crippen molar-refractivity contribution in [2.75, 3.05) is 13.1 Å². The molecule has 1 aliphatic heterocycles. The van der Waals surface area contributed by atoms with Crippen LogP contribution in [0.2, 0.25) is 0 Å². The fourth-order valence-corrected chi connectivity index (χ4v) is 3.50. The molecule has 1 unspecified atom stereocenters. The number of carbonyl (C=O) groups is 1. The van der Waals surface area contributed by atoms with Crippen molar-refractivity contribution < 1.29 is 4.79 Å². The summed E-state index contributed by atoms with van der Waals surface area (Å²) >= 11 is 1.79. The minimum Gasteiger partial charge on any atom is -0.356 e. The molecule has 0 aliphatic carbocycles. The van der Waals surface area contributed by atoms with Gasteiger partial charge in [-0.05, 0) is 50.1 Å². The average Bonchev–Trinajstić information content (AvgIpc) is 2.88. The van der Waals surface area contributed by atoms with Crippen LogP contribution in [0.4, 0.5) is 0 Å². The summed E-state index contributed by atoms with van der Waals surface area (Å²) in [5, 5.41) is 8.61. The summed E-state index contributed by atoms with van der Waals surface area (Å²) in [6.07, 6.45) is 2.99. The molecule has 2 rings (SSSR count). The number of carbonyl (C=O) groups excluding carboxylic acids is 1. The highest BCUT2D eigenvalue weighted by molar-refractivity contribution is 7.09. The normalized spacial score (nSPS) is 23.7. The lowest BCUT2D eigenvalue weighted by Gasteiger charge is -2.27. The number of hydrogen-bond acceptors (Lipinski definition) is 3. The Labute approximate surface area is 131 Å². The molecule has 0 aromatic carbocycles. The first-order chi connectivity index (χ1) is 9.15. The average molecular weight is 317 g/mol. The molecule has 0 saturated carbocycles. The predicted molar refractivity (Wildman–Crippen MR) is 87.6 cm³/mol. The van der Waals surface area contributed by atoms with Crippen molar-refractivity contribution in [3.05, 3.63) is 22.4 Å². The quantitative estimate of drug-likeness (QED) is 0.877. The van der Waals surface area contributed by atoms with Gasteiger partial charge in [-0.1, -0.05) is 13.0 Å². The van der Waals surface area contributed by atoms with Gasteiger partial charge in [0.15, 0.2) is 0 Å². The van der Waals surface area contributed by atoms with Gasteiger partial charge in [-0.15, -0.1) is 23.7 Å². The zero-order valence-corrected chi connectivity index (χ0v) is 13.9. The summed E-state index contributed by atoms with van der Waals surface area (Å²) in [5.41, 5.74) is 0. The van der Waals surface area contributed by atoms with Gasteiger partial charge in [0.2, 0.25) is 5.91 Å². The monoisotopic (exact) mass is 316 g/mol.